The van der Waals surface area contributed by atoms with E-state index in [1.54, 1.807) is 4.90 Å². The lowest BCUT2D eigenvalue weighted by Crippen LogP contribution is -2.46. The molecule has 2 amide bonds. The normalized spacial score (nSPS) is 18.7. The van der Waals surface area contributed by atoms with Crippen molar-refractivity contribution in [2.45, 2.75) is 44.9 Å². The van der Waals surface area contributed by atoms with Gasteiger partial charge in [0.1, 0.15) is 6.61 Å². The quantitative estimate of drug-likeness (QED) is 0.378. The number of nitrogens with zero attached hydrogens (tertiary/aromatic N) is 1. The van der Waals surface area contributed by atoms with Crippen LogP contribution in [0.1, 0.15) is 36.8 Å². The highest BCUT2D eigenvalue weighted by Crippen LogP contribution is 2.16. The van der Waals surface area contributed by atoms with E-state index in [0.717, 1.165) is 11.1 Å². The third-order valence-electron chi connectivity index (χ3n) is 6.06. The van der Waals surface area contributed by atoms with E-state index < -0.39 is 12.0 Å². The van der Waals surface area contributed by atoms with Gasteiger partial charge in [0.2, 0.25) is 11.8 Å². The molecule has 0 aromatic heterocycles. The maximum atomic E-state index is 13.3. The van der Waals surface area contributed by atoms with Crippen LogP contribution in [0.4, 0.5) is 0 Å². The largest absolute Gasteiger partial charge is 0.463 e. The first-order valence-electron chi connectivity index (χ1n) is 12.7. The van der Waals surface area contributed by atoms with E-state index >= 15 is 0 Å². The van der Waals surface area contributed by atoms with Crippen LogP contribution in [-0.4, -0.2) is 60.2 Å². The molecule has 0 fully saturated rings. The average Bonchev–Trinajstić information content (AvgIpc) is 2.91. The summed E-state index contributed by atoms with van der Waals surface area (Å²) < 4.78 is 11.2. The number of cyclic esters (lactones) is 1. The Labute approximate surface area is 218 Å². The first kappa shape index (κ1) is 28.1. The Kier molecular flexibility index (Phi) is 11.8. The summed E-state index contributed by atoms with van der Waals surface area (Å²) in [5.41, 5.74) is 1.94. The van der Waals surface area contributed by atoms with Crippen LogP contribution in [0, 0.1) is 5.92 Å². The lowest BCUT2D eigenvalue weighted by Gasteiger charge is -2.26. The lowest BCUT2D eigenvalue weighted by atomic mass is 9.98. The van der Waals surface area contributed by atoms with Gasteiger partial charge in [-0.25, -0.2) is 0 Å². The minimum absolute atomic E-state index is 0.000384. The predicted octanol–water partition coefficient (Wildman–Crippen LogP) is 3.00. The van der Waals surface area contributed by atoms with E-state index in [9.17, 15) is 19.5 Å². The first-order chi connectivity index (χ1) is 18.0. The molecular weight excluding hydrogens is 472 g/mol. The molecule has 198 valence electrons. The number of hydrogen-bond acceptors (Lipinski definition) is 6. The fourth-order valence-corrected chi connectivity index (χ4v) is 4.03. The first-order valence-corrected chi connectivity index (χ1v) is 12.7. The monoisotopic (exact) mass is 508 g/mol. The van der Waals surface area contributed by atoms with Crippen molar-refractivity contribution in [1.82, 2.24) is 10.2 Å². The fourth-order valence-electron chi connectivity index (χ4n) is 4.03. The highest BCUT2D eigenvalue weighted by atomic mass is 16.5. The van der Waals surface area contributed by atoms with E-state index in [0.29, 0.717) is 26.0 Å². The van der Waals surface area contributed by atoms with E-state index in [-0.39, 0.29) is 57.0 Å². The van der Waals surface area contributed by atoms with Crippen LogP contribution >= 0.6 is 0 Å². The minimum atomic E-state index is -0.604. The molecule has 2 aromatic rings. The molecule has 0 aliphatic carbocycles. The average molecular weight is 509 g/mol. The van der Waals surface area contributed by atoms with Crippen LogP contribution in [0.15, 0.2) is 72.8 Å². The minimum Gasteiger partial charge on any atom is -0.463 e. The van der Waals surface area contributed by atoms with Crippen LogP contribution in [0.2, 0.25) is 0 Å². The van der Waals surface area contributed by atoms with Crippen molar-refractivity contribution < 1.29 is 29.0 Å². The number of benzene rings is 2. The molecule has 1 aliphatic heterocycles. The zero-order chi connectivity index (χ0) is 26.3. The number of ether oxygens (including phenoxy) is 2. The van der Waals surface area contributed by atoms with Gasteiger partial charge in [-0.05, 0) is 24.0 Å². The molecule has 1 aliphatic rings. The van der Waals surface area contributed by atoms with Gasteiger partial charge in [-0.15, -0.1) is 0 Å². The SMILES string of the molecule is O=C1CCC=CCC(CC(=O)N(CCO)Cc2ccccc2)C(=O)NC(COCc2ccccc2)CO1. The third-order valence-corrected chi connectivity index (χ3v) is 6.06. The predicted molar refractivity (Wildman–Crippen MR) is 139 cm³/mol. The highest BCUT2D eigenvalue weighted by Gasteiger charge is 2.27. The number of allylic oxidation sites excluding steroid dienone is 2. The van der Waals surface area contributed by atoms with Crippen molar-refractivity contribution in [3.8, 4) is 0 Å². The molecule has 0 bridgehead atoms. The molecule has 3 rings (SSSR count). The fraction of sp³-hybridized carbons (Fsp3) is 0.414. The Hall–Kier alpha value is -3.49. The molecule has 8 nitrogen and oxygen atoms in total. The summed E-state index contributed by atoms with van der Waals surface area (Å²) in [4.78, 5) is 40.1. The molecule has 2 atom stereocenters. The van der Waals surface area contributed by atoms with Gasteiger partial charge in [-0.2, -0.15) is 0 Å². The third kappa shape index (κ3) is 10.2. The molecular formula is C29H36N2O6. The number of nitrogens with one attached hydrogen (secondary N) is 1. The molecule has 2 N–H and O–H groups in total. The second-order valence-corrected chi connectivity index (χ2v) is 9.06. The number of rotatable bonds is 10. The summed E-state index contributed by atoms with van der Waals surface area (Å²) in [6.45, 7) is 0.895. The lowest BCUT2D eigenvalue weighted by molar-refractivity contribution is -0.146. The van der Waals surface area contributed by atoms with E-state index in [1.165, 1.54) is 0 Å². The molecule has 0 spiro atoms. The molecule has 0 saturated heterocycles. The Balaban J connectivity index is 1.66. The van der Waals surface area contributed by atoms with Crippen molar-refractivity contribution in [3.63, 3.8) is 0 Å². The summed E-state index contributed by atoms with van der Waals surface area (Å²) in [5.74, 6) is -1.44. The number of hydrogen-bond donors (Lipinski definition) is 2. The van der Waals surface area contributed by atoms with Gasteiger partial charge in [0.15, 0.2) is 0 Å². The van der Waals surface area contributed by atoms with Crippen molar-refractivity contribution in [2.75, 3.05) is 26.4 Å². The number of esters is 1. The summed E-state index contributed by atoms with van der Waals surface area (Å²) >= 11 is 0. The van der Waals surface area contributed by atoms with Crippen molar-refractivity contribution in [2.24, 2.45) is 5.92 Å². The zero-order valence-corrected chi connectivity index (χ0v) is 21.1. The van der Waals surface area contributed by atoms with Gasteiger partial charge < -0.3 is 24.8 Å². The highest BCUT2D eigenvalue weighted by molar-refractivity contribution is 5.86. The number of aliphatic hydroxyl groups is 1. The standard InChI is InChI=1S/C29H36N2O6/c32-17-16-31(19-23-10-4-1-5-11-23)27(33)18-25-14-8-3-9-15-28(34)37-22-26(30-29(25)35)21-36-20-24-12-6-2-7-13-24/h1-8,10-13,25-26,32H,9,14-22H2,(H,30,35). The molecule has 2 unspecified atom stereocenters. The summed E-state index contributed by atoms with van der Waals surface area (Å²) in [7, 11) is 0. The van der Waals surface area contributed by atoms with Gasteiger partial charge in [-0.1, -0.05) is 72.8 Å². The number of carbonyl (C=O) groups excluding carboxylic acids is 3. The summed E-state index contributed by atoms with van der Waals surface area (Å²) in [6.07, 6.45) is 4.78. The van der Waals surface area contributed by atoms with E-state index in [1.807, 2.05) is 72.8 Å². The van der Waals surface area contributed by atoms with Gasteiger partial charge in [0.05, 0.1) is 31.8 Å². The summed E-state index contributed by atoms with van der Waals surface area (Å²) in [5, 5.41) is 12.4. The number of aliphatic hydroxyl groups excluding tert-OH is 1. The van der Waals surface area contributed by atoms with Gasteiger partial charge in [0.25, 0.3) is 0 Å². The van der Waals surface area contributed by atoms with Gasteiger partial charge >= 0.3 is 5.97 Å². The van der Waals surface area contributed by atoms with Crippen LogP contribution in [0.3, 0.4) is 0 Å². The second kappa shape index (κ2) is 15.6. The van der Waals surface area contributed by atoms with Crippen LogP contribution in [0.5, 0.6) is 0 Å². The topological polar surface area (TPSA) is 105 Å². The van der Waals surface area contributed by atoms with E-state index in [2.05, 4.69) is 5.32 Å². The molecule has 2 aromatic carbocycles. The van der Waals surface area contributed by atoms with Gasteiger partial charge in [0, 0.05) is 25.9 Å². The molecule has 8 heteroatoms. The van der Waals surface area contributed by atoms with Crippen LogP contribution in [0.25, 0.3) is 0 Å². The van der Waals surface area contributed by atoms with Crippen LogP contribution < -0.4 is 5.32 Å². The van der Waals surface area contributed by atoms with Crippen molar-refractivity contribution >= 4 is 17.8 Å². The molecule has 1 heterocycles. The van der Waals surface area contributed by atoms with Crippen molar-refractivity contribution in [1.29, 1.82) is 0 Å². The maximum Gasteiger partial charge on any atom is 0.306 e. The summed E-state index contributed by atoms with van der Waals surface area (Å²) in [6, 6.07) is 18.7. The Morgan fingerprint density at radius 2 is 1.73 bits per heavy atom. The Bertz CT molecular complexity index is 1010. The molecule has 37 heavy (non-hydrogen) atoms. The van der Waals surface area contributed by atoms with E-state index in [4.69, 9.17) is 9.47 Å². The molecule has 0 saturated carbocycles. The zero-order valence-electron chi connectivity index (χ0n) is 21.1. The van der Waals surface area contributed by atoms with Crippen molar-refractivity contribution in [3.05, 3.63) is 83.9 Å². The van der Waals surface area contributed by atoms with Gasteiger partial charge in [-0.3, -0.25) is 14.4 Å². The maximum absolute atomic E-state index is 13.3. The number of amides is 2. The Morgan fingerprint density at radius 1 is 1.03 bits per heavy atom. The smallest absolute Gasteiger partial charge is 0.306 e. The molecule has 0 radical (unpaired) electrons. The van der Waals surface area contributed by atoms with Crippen LogP contribution in [-0.2, 0) is 37.0 Å². The second-order valence-electron chi connectivity index (χ2n) is 9.06. The number of carbonyl (C=O) groups is 3. The Morgan fingerprint density at radius 3 is 2.43 bits per heavy atom.